The number of unbranched alkanes of at least 4 members (excludes halogenated alkanes) is 40. The van der Waals surface area contributed by atoms with Crippen LogP contribution in [0.25, 0.3) is 0 Å². The highest BCUT2D eigenvalue weighted by Crippen LogP contribution is 2.18. The molecule has 0 spiro atoms. The van der Waals surface area contributed by atoms with Crippen molar-refractivity contribution < 1.29 is 28.6 Å². The Hall–Kier alpha value is -1.59. The highest BCUT2D eigenvalue weighted by atomic mass is 16.6. The van der Waals surface area contributed by atoms with Gasteiger partial charge in [0, 0.05) is 19.3 Å². The van der Waals surface area contributed by atoms with Crippen LogP contribution in [0.4, 0.5) is 0 Å². The molecule has 0 aromatic rings. The summed E-state index contributed by atoms with van der Waals surface area (Å²) in [6.07, 6.45) is 58.0. The average Bonchev–Trinajstić information content (AvgIpc) is 3.30. The van der Waals surface area contributed by atoms with Crippen molar-refractivity contribution in [1.29, 1.82) is 0 Å². The summed E-state index contributed by atoms with van der Waals surface area (Å²) in [7, 11) is 0. The Labute approximate surface area is 406 Å². The van der Waals surface area contributed by atoms with Gasteiger partial charge in [-0.05, 0) is 25.2 Å². The maximum absolute atomic E-state index is 12.9. The first kappa shape index (κ1) is 63.4. The minimum Gasteiger partial charge on any atom is -0.462 e. The number of carbonyl (C=O) groups is 3. The molecule has 0 aliphatic rings. The Kier molecular flexibility index (Phi) is 52.1. The lowest BCUT2D eigenvalue weighted by Crippen LogP contribution is -2.30. The van der Waals surface area contributed by atoms with Crippen molar-refractivity contribution in [3.8, 4) is 0 Å². The molecule has 6 nitrogen and oxygen atoms in total. The Morgan fingerprint density at radius 3 is 0.800 bits per heavy atom. The van der Waals surface area contributed by atoms with Gasteiger partial charge in [0.1, 0.15) is 13.2 Å². The van der Waals surface area contributed by atoms with Gasteiger partial charge < -0.3 is 14.2 Å². The van der Waals surface area contributed by atoms with E-state index in [0.717, 1.165) is 63.7 Å². The van der Waals surface area contributed by atoms with Crippen LogP contribution in [-0.2, 0) is 28.6 Å². The maximum Gasteiger partial charge on any atom is 0.306 e. The molecule has 0 bridgehead atoms. The molecule has 0 saturated carbocycles. The molecule has 0 aromatic heterocycles. The van der Waals surface area contributed by atoms with Gasteiger partial charge in [0.15, 0.2) is 6.10 Å². The highest BCUT2D eigenvalue weighted by molar-refractivity contribution is 5.71. The van der Waals surface area contributed by atoms with Crippen LogP contribution in [0.1, 0.15) is 336 Å². The molecule has 0 rings (SSSR count). The summed E-state index contributed by atoms with van der Waals surface area (Å²) in [6.45, 7) is 9.08. The molecule has 0 fully saturated rings. The fraction of sp³-hybridized carbons (Fsp3) is 0.949. The van der Waals surface area contributed by atoms with E-state index < -0.39 is 6.10 Å². The number of esters is 3. The molecule has 0 amide bonds. The standard InChI is InChI=1S/C59H114O6/c1-5-8-10-12-14-16-18-20-22-23-24-26-28-30-36-40-44-48-52-59(62)65-56(54-64-58(61)51-47-43-39-35-32-31-33-37-41-45-49-55(4)7-3)53-63-57(60)50-46-42-38-34-29-27-25-21-19-17-15-13-11-9-6-2/h55-56H,5-54H2,1-4H3/t55?,56-/m1/s1. The third kappa shape index (κ3) is 51.6. The third-order valence-corrected chi connectivity index (χ3v) is 13.9. The summed E-state index contributed by atoms with van der Waals surface area (Å²) in [5, 5.41) is 0. The quantitative estimate of drug-likeness (QED) is 0.0344. The van der Waals surface area contributed by atoms with Gasteiger partial charge >= 0.3 is 17.9 Å². The Morgan fingerprint density at radius 2 is 0.538 bits per heavy atom. The van der Waals surface area contributed by atoms with E-state index in [0.29, 0.717) is 19.3 Å². The van der Waals surface area contributed by atoms with Gasteiger partial charge in [-0.3, -0.25) is 14.4 Å². The predicted molar refractivity (Wildman–Crippen MR) is 280 cm³/mol. The van der Waals surface area contributed by atoms with Crippen LogP contribution in [0.2, 0.25) is 0 Å². The van der Waals surface area contributed by atoms with Crippen molar-refractivity contribution in [1.82, 2.24) is 0 Å². The summed E-state index contributed by atoms with van der Waals surface area (Å²) < 4.78 is 16.9. The third-order valence-electron chi connectivity index (χ3n) is 13.9. The zero-order chi connectivity index (χ0) is 47.4. The van der Waals surface area contributed by atoms with Crippen molar-refractivity contribution in [2.45, 2.75) is 342 Å². The maximum atomic E-state index is 12.9. The van der Waals surface area contributed by atoms with Gasteiger partial charge in [0.2, 0.25) is 0 Å². The molecule has 386 valence electrons. The molecule has 0 radical (unpaired) electrons. The van der Waals surface area contributed by atoms with E-state index in [-0.39, 0.29) is 31.1 Å². The average molecular weight is 920 g/mol. The van der Waals surface area contributed by atoms with Crippen LogP contribution < -0.4 is 0 Å². The number of ether oxygens (including phenoxy) is 3. The summed E-state index contributed by atoms with van der Waals surface area (Å²) in [5.41, 5.74) is 0. The Morgan fingerprint density at radius 1 is 0.308 bits per heavy atom. The summed E-state index contributed by atoms with van der Waals surface area (Å²) in [6, 6.07) is 0. The van der Waals surface area contributed by atoms with Crippen molar-refractivity contribution in [3.63, 3.8) is 0 Å². The molecule has 0 aliphatic heterocycles. The smallest absolute Gasteiger partial charge is 0.306 e. The summed E-state index contributed by atoms with van der Waals surface area (Å²) in [5.74, 6) is 0.0349. The van der Waals surface area contributed by atoms with Crippen molar-refractivity contribution >= 4 is 17.9 Å². The summed E-state index contributed by atoms with van der Waals surface area (Å²) >= 11 is 0. The van der Waals surface area contributed by atoms with E-state index in [1.165, 1.54) is 231 Å². The van der Waals surface area contributed by atoms with Crippen LogP contribution in [0, 0.1) is 5.92 Å². The molecule has 0 N–H and O–H groups in total. The van der Waals surface area contributed by atoms with Crippen LogP contribution in [0.3, 0.4) is 0 Å². The zero-order valence-electron chi connectivity index (χ0n) is 44.5. The first-order chi connectivity index (χ1) is 31.9. The molecular formula is C59H114O6. The number of hydrogen-bond acceptors (Lipinski definition) is 6. The number of hydrogen-bond donors (Lipinski definition) is 0. The SMILES string of the molecule is CCCCCCCCCCCCCCCCCCCCC(=O)O[C@H](COC(=O)CCCCCCCCCCCCCCCCC)COC(=O)CCCCCCCCCCCCC(C)CC. The second kappa shape index (κ2) is 53.4. The highest BCUT2D eigenvalue weighted by Gasteiger charge is 2.19. The van der Waals surface area contributed by atoms with E-state index in [2.05, 4.69) is 27.7 Å². The molecule has 2 atom stereocenters. The van der Waals surface area contributed by atoms with Gasteiger partial charge in [-0.25, -0.2) is 0 Å². The van der Waals surface area contributed by atoms with Crippen LogP contribution in [0.15, 0.2) is 0 Å². The minimum atomic E-state index is -0.762. The van der Waals surface area contributed by atoms with Crippen LogP contribution in [0.5, 0.6) is 0 Å². The van der Waals surface area contributed by atoms with Crippen LogP contribution in [-0.4, -0.2) is 37.2 Å². The predicted octanol–water partition coefficient (Wildman–Crippen LogP) is 19.4. The van der Waals surface area contributed by atoms with Gasteiger partial charge in [0.25, 0.3) is 0 Å². The molecule has 65 heavy (non-hydrogen) atoms. The normalized spacial score (nSPS) is 12.4. The van der Waals surface area contributed by atoms with E-state index in [1.807, 2.05) is 0 Å². The Balaban J connectivity index is 4.30. The lowest BCUT2D eigenvalue weighted by molar-refractivity contribution is -0.167. The number of rotatable bonds is 54. The fourth-order valence-corrected chi connectivity index (χ4v) is 9.07. The van der Waals surface area contributed by atoms with E-state index in [9.17, 15) is 14.4 Å². The van der Waals surface area contributed by atoms with E-state index >= 15 is 0 Å². The molecule has 0 heterocycles. The zero-order valence-corrected chi connectivity index (χ0v) is 44.5. The molecular weight excluding hydrogens is 805 g/mol. The number of carbonyl (C=O) groups excluding carboxylic acids is 3. The lowest BCUT2D eigenvalue weighted by atomic mass is 9.99. The van der Waals surface area contributed by atoms with Gasteiger partial charge in [-0.15, -0.1) is 0 Å². The fourth-order valence-electron chi connectivity index (χ4n) is 9.07. The second-order valence-electron chi connectivity index (χ2n) is 20.5. The Bertz CT molecular complexity index is 982. The van der Waals surface area contributed by atoms with Gasteiger partial charge in [0.05, 0.1) is 0 Å². The second-order valence-corrected chi connectivity index (χ2v) is 20.5. The molecule has 6 heteroatoms. The molecule has 1 unspecified atom stereocenters. The topological polar surface area (TPSA) is 78.9 Å². The minimum absolute atomic E-state index is 0.0619. The molecule has 0 saturated heterocycles. The van der Waals surface area contributed by atoms with E-state index in [1.54, 1.807) is 0 Å². The van der Waals surface area contributed by atoms with Crippen LogP contribution >= 0.6 is 0 Å². The van der Waals surface area contributed by atoms with Crippen molar-refractivity contribution in [3.05, 3.63) is 0 Å². The lowest BCUT2D eigenvalue weighted by Gasteiger charge is -2.18. The molecule has 0 aromatic carbocycles. The molecule has 0 aliphatic carbocycles. The van der Waals surface area contributed by atoms with Gasteiger partial charge in [-0.1, -0.05) is 297 Å². The summed E-state index contributed by atoms with van der Waals surface area (Å²) in [4.78, 5) is 38.2. The van der Waals surface area contributed by atoms with E-state index in [4.69, 9.17) is 14.2 Å². The van der Waals surface area contributed by atoms with Crippen molar-refractivity contribution in [2.75, 3.05) is 13.2 Å². The monoisotopic (exact) mass is 919 g/mol. The first-order valence-corrected chi connectivity index (χ1v) is 29.4. The van der Waals surface area contributed by atoms with Gasteiger partial charge in [-0.2, -0.15) is 0 Å². The largest absolute Gasteiger partial charge is 0.462 e. The first-order valence-electron chi connectivity index (χ1n) is 29.4. The van der Waals surface area contributed by atoms with Crippen molar-refractivity contribution in [2.24, 2.45) is 5.92 Å².